The molecule has 1 rings (SSSR count). The summed E-state index contributed by atoms with van der Waals surface area (Å²) in [7, 11) is -3.86. The predicted octanol–water partition coefficient (Wildman–Crippen LogP) is 0.499. The maximum absolute atomic E-state index is 12.9. The van der Waals surface area contributed by atoms with Crippen molar-refractivity contribution in [2.24, 2.45) is 0 Å². The third kappa shape index (κ3) is 2.54. The molecule has 0 amide bonds. The summed E-state index contributed by atoms with van der Waals surface area (Å²) in [5, 5.41) is 16.8. The summed E-state index contributed by atoms with van der Waals surface area (Å²) >= 11 is 0. The van der Waals surface area contributed by atoms with Gasteiger partial charge in [0.25, 0.3) is 0 Å². The number of sulfonamides is 1. The van der Waals surface area contributed by atoms with Crippen molar-refractivity contribution in [2.45, 2.75) is 4.90 Å². The average Bonchev–Trinajstić information content (AvgIpc) is 2.27. The molecule has 0 bridgehead atoms. The molecule has 0 aliphatic rings. The molecule has 1 aromatic rings. The quantitative estimate of drug-likeness (QED) is 0.777. The Kier molecular flexibility index (Phi) is 3.56. The molecule has 0 aliphatic carbocycles. The van der Waals surface area contributed by atoms with Crippen LogP contribution in [-0.4, -0.2) is 15.0 Å². The van der Waals surface area contributed by atoms with Gasteiger partial charge in [0, 0.05) is 0 Å². The minimum absolute atomic E-state index is 0.249. The van der Waals surface area contributed by atoms with Gasteiger partial charge in [-0.25, -0.2) is 12.8 Å². The second kappa shape index (κ2) is 4.71. The number of benzene rings is 1. The average molecular weight is 239 g/mol. The van der Waals surface area contributed by atoms with Crippen LogP contribution in [-0.2, 0) is 10.0 Å². The standard InChI is InChI=1S/C9H6FN3O2S/c10-9-2-1-8(5-7(9)6-12)16(14,15)13-4-3-11/h1-2,5,13H,4H2. The van der Waals surface area contributed by atoms with Crippen LogP contribution >= 0.6 is 0 Å². The lowest BCUT2D eigenvalue weighted by Crippen LogP contribution is -2.24. The second-order valence-electron chi connectivity index (χ2n) is 2.74. The Balaban J connectivity index is 3.17. The van der Waals surface area contributed by atoms with E-state index in [9.17, 15) is 12.8 Å². The van der Waals surface area contributed by atoms with Crippen molar-refractivity contribution in [1.82, 2.24) is 4.72 Å². The van der Waals surface area contributed by atoms with Gasteiger partial charge in [0.05, 0.1) is 23.1 Å². The van der Waals surface area contributed by atoms with E-state index in [-0.39, 0.29) is 17.0 Å². The van der Waals surface area contributed by atoms with Crippen LogP contribution in [0.3, 0.4) is 0 Å². The highest BCUT2D eigenvalue weighted by atomic mass is 32.2. The Bertz CT molecular complexity index is 584. The summed E-state index contributed by atoms with van der Waals surface area (Å²) < 4.78 is 37.8. The third-order valence-corrected chi connectivity index (χ3v) is 3.11. The van der Waals surface area contributed by atoms with Crippen molar-refractivity contribution >= 4 is 10.0 Å². The summed E-state index contributed by atoms with van der Waals surface area (Å²) in [4.78, 5) is -0.249. The molecule has 0 spiro atoms. The number of rotatable bonds is 3. The Hall–Kier alpha value is -1.96. The van der Waals surface area contributed by atoms with Gasteiger partial charge >= 0.3 is 0 Å². The molecule has 5 nitrogen and oxygen atoms in total. The van der Waals surface area contributed by atoms with Crippen LogP contribution in [0.15, 0.2) is 23.1 Å². The topological polar surface area (TPSA) is 93.8 Å². The first-order chi connectivity index (χ1) is 7.51. The summed E-state index contributed by atoms with van der Waals surface area (Å²) in [5.41, 5.74) is -0.361. The molecule has 0 unspecified atom stereocenters. The van der Waals surface area contributed by atoms with Gasteiger partial charge in [-0.05, 0) is 18.2 Å². The SMILES string of the molecule is N#CCNS(=O)(=O)c1ccc(F)c(C#N)c1. The summed E-state index contributed by atoms with van der Waals surface area (Å²) in [5.74, 6) is -0.790. The Morgan fingerprint density at radius 1 is 1.38 bits per heavy atom. The second-order valence-corrected chi connectivity index (χ2v) is 4.50. The molecule has 82 valence electrons. The number of halogens is 1. The molecule has 0 saturated carbocycles. The monoisotopic (exact) mass is 239 g/mol. The van der Waals surface area contributed by atoms with Crippen LogP contribution in [0.25, 0.3) is 0 Å². The Labute approximate surface area is 91.8 Å². The van der Waals surface area contributed by atoms with Crippen molar-refractivity contribution in [3.63, 3.8) is 0 Å². The fraction of sp³-hybridized carbons (Fsp3) is 0.111. The minimum Gasteiger partial charge on any atom is -0.207 e. The van der Waals surface area contributed by atoms with Crippen LogP contribution in [0.2, 0.25) is 0 Å². The zero-order chi connectivity index (χ0) is 12.2. The maximum Gasteiger partial charge on any atom is 0.241 e. The first kappa shape index (κ1) is 12.1. The highest BCUT2D eigenvalue weighted by molar-refractivity contribution is 7.89. The van der Waals surface area contributed by atoms with E-state index in [0.29, 0.717) is 0 Å². The highest BCUT2D eigenvalue weighted by Gasteiger charge is 2.15. The fourth-order valence-electron chi connectivity index (χ4n) is 0.968. The molecule has 0 saturated heterocycles. The van der Waals surface area contributed by atoms with Crippen LogP contribution in [0.1, 0.15) is 5.56 Å². The molecule has 16 heavy (non-hydrogen) atoms. The van der Waals surface area contributed by atoms with E-state index in [1.165, 1.54) is 6.07 Å². The molecule has 0 radical (unpaired) electrons. The van der Waals surface area contributed by atoms with Gasteiger partial charge in [-0.15, -0.1) is 0 Å². The molecule has 0 atom stereocenters. The molecule has 0 heterocycles. The number of nitrogens with zero attached hydrogens (tertiary/aromatic N) is 2. The molecule has 1 aromatic carbocycles. The van der Waals surface area contributed by atoms with Gasteiger partial charge in [-0.3, -0.25) is 0 Å². The van der Waals surface area contributed by atoms with E-state index in [0.717, 1.165) is 18.2 Å². The molecule has 0 aromatic heterocycles. The van der Waals surface area contributed by atoms with E-state index >= 15 is 0 Å². The van der Waals surface area contributed by atoms with Crippen molar-refractivity contribution in [3.05, 3.63) is 29.6 Å². The minimum atomic E-state index is -3.86. The van der Waals surface area contributed by atoms with Crippen LogP contribution in [0.5, 0.6) is 0 Å². The summed E-state index contributed by atoms with van der Waals surface area (Å²) in [6.07, 6.45) is 0. The van der Waals surface area contributed by atoms with Crippen molar-refractivity contribution < 1.29 is 12.8 Å². The maximum atomic E-state index is 12.9. The predicted molar refractivity (Wildman–Crippen MR) is 51.9 cm³/mol. The molecular weight excluding hydrogens is 233 g/mol. The van der Waals surface area contributed by atoms with Gasteiger partial charge in [-0.1, -0.05) is 0 Å². The van der Waals surface area contributed by atoms with E-state index in [2.05, 4.69) is 0 Å². The number of hydrogen-bond acceptors (Lipinski definition) is 4. The third-order valence-electron chi connectivity index (χ3n) is 1.71. The molecule has 0 fully saturated rings. The number of nitriles is 2. The fourth-order valence-corrected chi connectivity index (χ4v) is 1.91. The zero-order valence-corrected chi connectivity index (χ0v) is 8.75. The van der Waals surface area contributed by atoms with Gasteiger partial charge in [0.15, 0.2) is 0 Å². The van der Waals surface area contributed by atoms with Crippen LogP contribution < -0.4 is 4.72 Å². The van der Waals surface area contributed by atoms with E-state index in [4.69, 9.17) is 10.5 Å². The lowest BCUT2D eigenvalue weighted by molar-refractivity contribution is 0.584. The highest BCUT2D eigenvalue weighted by Crippen LogP contribution is 2.13. The molecular formula is C9H6FN3O2S. The Morgan fingerprint density at radius 2 is 2.06 bits per heavy atom. The summed E-state index contributed by atoms with van der Waals surface area (Å²) in [6, 6.07) is 5.96. The lowest BCUT2D eigenvalue weighted by Gasteiger charge is -2.03. The van der Waals surface area contributed by atoms with Gasteiger partial charge in [0.1, 0.15) is 11.9 Å². The van der Waals surface area contributed by atoms with Crippen LogP contribution in [0, 0.1) is 28.5 Å². The molecule has 0 aliphatic heterocycles. The van der Waals surface area contributed by atoms with Gasteiger partial charge in [0.2, 0.25) is 10.0 Å². The Morgan fingerprint density at radius 3 is 2.62 bits per heavy atom. The van der Waals surface area contributed by atoms with Crippen molar-refractivity contribution in [3.8, 4) is 12.1 Å². The molecule has 1 N–H and O–H groups in total. The lowest BCUT2D eigenvalue weighted by atomic mass is 10.2. The van der Waals surface area contributed by atoms with E-state index in [1.807, 2.05) is 4.72 Å². The van der Waals surface area contributed by atoms with Gasteiger partial charge < -0.3 is 0 Å². The zero-order valence-electron chi connectivity index (χ0n) is 7.94. The molecule has 7 heteroatoms. The van der Waals surface area contributed by atoms with E-state index in [1.54, 1.807) is 6.07 Å². The normalized spacial score (nSPS) is 10.4. The number of hydrogen-bond donors (Lipinski definition) is 1. The first-order valence-corrected chi connectivity index (χ1v) is 5.56. The van der Waals surface area contributed by atoms with Crippen LogP contribution in [0.4, 0.5) is 4.39 Å². The van der Waals surface area contributed by atoms with Crippen molar-refractivity contribution in [2.75, 3.05) is 6.54 Å². The number of nitrogens with one attached hydrogen (secondary N) is 1. The smallest absolute Gasteiger partial charge is 0.207 e. The van der Waals surface area contributed by atoms with Gasteiger partial charge in [-0.2, -0.15) is 15.2 Å². The first-order valence-electron chi connectivity index (χ1n) is 4.07. The largest absolute Gasteiger partial charge is 0.241 e. The summed E-state index contributed by atoms with van der Waals surface area (Å²) in [6.45, 7) is -0.387. The van der Waals surface area contributed by atoms with E-state index < -0.39 is 15.8 Å². The van der Waals surface area contributed by atoms with Crippen molar-refractivity contribution in [1.29, 1.82) is 10.5 Å².